The van der Waals surface area contributed by atoms with Crippen LogP contribution in [-0.4, -0.2) is 29.3 Å². The smallest absolute Gasteiger partial charge is 0.191 e. The summed E-state index contributed by atoms with van der Waals surface area (Å²) in [5, 5.41) is 0.755. The topological polar surface area (TPSA) is 67.1 Å². The average Bonchev–Trinajstić information content (AvgIpc) is 2.74. The van der Waals surface area contributed by atoms with Crippen LogP contribution in [0.5, 0.6) is 0 Å². The van der Waals surface area contributed by atoms with Crippen molar-refractivity contribution in [3.63, 3.8) is 0 Å². The second kappa shape index (κ2) is 6.96. The molecule has 0 spiro atoms. The first-order valence-corrected chi connectivity index (χ1v) is 8.09. The van der Waals surface area contributed by atoms with Gasteiger partial charge in [-0.2, -0.15) is 0 Å². The Labute approximate surface area is 119 Å². The molecule has 0 aliphatic heterocycles. The largest absolute Gasteiger partial charge is 0.356 e. The molecule has 0 aromatic carbocycles. The summed E-state index contributed by atoms with van der Waals surface area (Å²) in [6, 6.07) is 2.50. The van der Waals surface area contributed by atoms with Gasteiger partial charge in [0.1, 0.15) is 11.6 Å². The third kappa shape index (κ3) is 3.73. The van der Waals surface area contributed by atoms with Crippen molar-refractivity contribution in [1.29, 1.82) is 0 Å². The zero-order valence-electron chi connectivity index (χ0n) is 11.7. The molecule has 1 aliphatic rings. The lowest BCUT2D eigenvalue weighted by Gasteiger charge is -2.28. The number of hydrogen-bond acceptors (Lipinski definition) is 6. The van der Waals surface area contributed by atoms with E-state index in [9.17, 15) is 0 Å². The van der Waals surface area contributed by atoms with Gasteiger partial charge in [-0.1, -0.05) is 37.4 Å². The Morgan fingerprint density at radius 2 is 1.95 bits per heavy atom. The fourth-order valence-corrected chi connectivity index (χ4v) is 2.97. The second-order valence-corrected chi connectivity index (χ2v) is 5.77. The quantitative estimate of drug-likeness (QED) is 0.291. The van der Waals surface area contributed by atoms with Crippen LogP contribution in [0, 0.1) is 0 Å². The number of nitrogens with one attached hydrogen (secondary N) is 1. The number of hydrazine groups is 1. The van der Waals surface area contributed by atoms with Crippen LogP contribution in [0.15, 0.2) is 11.2 Å². The van der Waals surface area contributed by atoms with Crippen LogP contribution in [-0.2, 0) is 0 Å². The van der Waals surface area contributed by atoms with E-state index >= 15 is 0 Å². The Kier molecular flexibility index (Phi) is 5.27. The van der Waals surface area contributed by atoms with Crippen LogP contribution >= 0.6 is 11.8 Å². The molecule has 1 heterocycles. The van der Waals surface area contributed by atoms with E-state index in [1.165, 1.54) is 50.3 Å². The van der Waals surface area contributed by atoms with E-state index in [0.717, 1.165) is 11.0 Å². The number of nitrogen functional groups attached to an aromatic ring is 1. The highest BCUT2D eigenvalue weighted by atomic mass is 32.2. The summed E-state index contributed by atoms with van der Waals surface area (Å²) >= 11 is 1.54. The van der Waals surface area contributed by atoms with Crippen molar-refractivity contribution in [2.75, 3.05) is 23.6 Å². The van der Waals surface area contributed by atoms with Crippen LogP contribution < -0.4 is 16.2 Å². The van der Waals surface area contributed by atoms with Gasteiger partial charge in [0.05, 0.1) is 0 Å². The summed E-state index contributed by atoms with van der Waals surface area (Å²) in [4.78, 5) is 11.2. The summed E-state index contributed by atoms with van der Waals surface area (Å²) in [6.45, 7) is 0. The molecule has 1 fully saturated rings. The minimum Gasteiger partial charge on any atom is -0.356 e. The van der Waals surface area contributed by atoms with Crippen molar-refractivity contribution in [3.05, 3.63) is 6.07 Å². The summed E-state index contributed by atoms with van der Waals surface area (Å²) in [5.74, 6) is 7.11. The molecule has 6 heteroatoms. The van der Waals surface area contributed by atoms with Crippen LogP contribution in [0.3, 0.4) is 0 Å². The monoisotopic (exact) mass is 281 g/mol. The fourth-order valence-electron chi connectivity index (χ4n) is 2.59. The van der Waals surface area contributed by atoms with Crippen molar-refractivity contribution in [1.82, 2.24) is 9.97 Å². The molecule has 3 N–H and O–H groups in total. The van der Waals surface area contributed by atoms with E-state index in [-0.39, 0.29) is 0 Å². The maximum Gasteiger partial charge on any atom is 0.191 e. The predicted octanol–water partition coefficient (Wildman–Crippen LogP) is 2.64. The first-order chi connectivity index (χ1) is 9.24. The van der Waals surface area contributed by atoms with Crippen molar-refractivity contribution in [3.8, 4) is 0 Å². The number of hydrogen-bond donors (Lipinski definition) is 2. The molecule has 0 radical (unpaired) electrons. The Morgan fingerprint density at radius 1 is 1.26 bits per heavy atom. The van der Waals surface area contributed by atoms with Crippen LogP contribution in [0.2, 0.25) is 0 Å². The Balaban J connectivity index is 2.18. The maximum absolute atomic E-state index is 5.48. The van der Waals surface area contributed by atoms with Crippen molar-refractivity contribution in [2.45, 2.75) is 49.7 Å². The van der Waals surface area contributed by atoms with E-state index in [4.69, 9.17) is 5.84 Å². The molecule has 19 heavy (non-hydrogen) atoms. The highest BCUT2D eigenvalue weighted by Gasteiger charge is 2.19. The van der Waals surface area contributed by atoms with Gasteiger partial charge in [0.2, 0.25) is 0 Å². The number of thioether (sulfide) groups is 1. The standard InChI is InChI=1S/C13H23N5S/c1-18(10-7-5-3-4-6-8-10)12-9-11(17-14)15-13(16-12)19-2/h9-10H,3-8,14H2,1-2H3,(H,15,16,17). The molecule has 0 unspecified atom stereocenters. The van der Waals surface area contributed by atoms with Crippen LogP contribution in [0.25, 0.3) is 0 Å². The molecule has 1 aromatic rings. The first kappa shape index (κ1) is 14.4. The Morgan fingerprint density at radius 3 is 2.53 bits per heavy atom. The molecule has 1 saturated carbocycles. The lowest BCUT2D eigenvalue weighted by Crippen LogP contribution is -2.32. The van der Waals surface area contributed by atoms with Gasteiger partial charge < -0.3 is 10.3 Å². The van der Waals surface area contributed by atoms with Crippen molar-refractivity contribution in [2.24, 2.45) is 5.84 Å². The predicted molar refractivity (Wildman–Crippen MR) is 81.5 cm³/mol. The Hall–Kier alpha value is -1.01. The highest BCUT2D eigenvalue weighted by Crippen LogP contribution is 2.26. The molecule has 1 aliphatic carbocycles. The minimum absolute atomic E-state index is 0.581. The van der Waals surface area contributed by atoms with Gasteiger partial charge in [0.15, 0.2) is 5.16 Å². The molecule has 1 aromatic heterocycles. The normalized spacial score (nSPS) is 17.0. The molecule has 0 bridgehead atoms. The molecule has 106 valence electrons. The molecule has 2 rings (SSSR count). The summed E-state index contributed by atoms with van der Waals surface area (Å²) in [5.41, 5.74) is 2.62. The molecule has 0 atom stereocenters. The van der Waals surface area contributed by atoms with E-state index in [2.05, 4.69) is 27.3 Å². The van der Waals surface area contributed by atoms with E-state index < -0.39 is 0 Å². The van der Waals surface area contributed by atoms with Crippen LogP contribution in [0.4, 0.5) is 11.6 Å². The molecule has 5 nitrogen and oxygen atoms in total. The number of nitrogens with zero attached hydrogens (tertiary/aromatic N) is 3. The van der Waals surface area contributed by atoms with Gasteiger partial charge in [-0.3, -0.25) is 0 Å². The lowest BCUT2D eigenvalue weighted by atomic mass is 10.1. The molecule has 0 saturated heterocycles. The third-order valence-corrected chi connectivity index (χ3v) is 4.30. The fraction of sp³-hybridized carbons (Fsp3) is 0.692. The van der Waals surface area contributed by atoms with Gasteiger partial charge in [-0.15, -0.1) is 0 Å². The lowest BCUT2D eigenvalue weighted by molar-refractivity contribution is 0.547. The molecular formula is C13H23N5S. The van der Waals surface area contributed by atoms with Crippen molar-refractivity contribution >= 4 is 23.4 Å². The zero-order valence-corrected chi connectivity index (χ0v) is 12.5. The van der Waals surface area contributed by atoms with Crippen LogP contribution in [0.1, 0.15) is 38.5 Å². The van der Waals surface area contributed by atoms with Gasteiger partial charge in [-0.25, -0.2) is 15.8 Å². The number of aromatic nitrogens is 2. The molecular weight excluding hydrogens is 258 g/mol. The summed E-state index contributed by atoms with van der Waals surface area (Å²) in [7, 11) is 2.13. The van der Waals surface area contributed by atoms with Gasteiger partial charge in [-0.05, 0) is 19.1 Å². The second-order valence-electron chi connectivity index (χ2n) is 5.00. The van der Waals surface area contributed by atoms with Gasteiger partial charge in [0, 0.05) is 19.2 Å². The summed E-state index contributed by atoms with van der Waals surface area (Å²) < 4.78 is 0. The van der Waals surface area contributed by atoms with Gasteiger partial charge >= 0.3 is 0 Å². The number of anilines is 2. The third-order valence-electron chi connectivity index (χ3n) is 3.76. The minimum atomic E-state index is 0.581. The van der Waals surface area contributed by atoms with E-state index in [1.807, 2.05) is 12.3 Å². The van der Waals surface area contributed by atoms with Crippen molar-refractivity contribution < 1.29 is 0 Å². The molecule has 0 amide bonds. The van der Waals surface area contributed by atoms with E-state index in [0.29, 0.717) is 11.9 Å². The Bertz CT molecular complexity index is 382. The first-order valence-electron chi connectivity index (χ1n) is 6.87. The number of rotatable bonds is 4. The SMILES string of the molecule is CSc1nc(NN)cc(N(C)C2CCCCCC2)n1. The number of nitrogens with two attached hydrogens (primary N) is 1. The maximum atomic E-state index is 5.48. The average molecular weight is 281 g/mol. The van der Waals surface area contributed by atoms with E-state index in [1.54, 1.807) is 0 Å². The summed E-state index contributed by atoms with van der Waals surface area (Å²) in [6.07, 6.45) is 9.83. The highest BCUT2D eigenvalue weighted by molar-refractivity contribution is 7.98. The van der Waals surface area contributed by atoms with Gasteiger partial charge in [0.25, 0.3) is 0 Å². The zero-order chi connectivity index (χ0) is 13.7.